The fourth-order valence-corrected chi connectivity index (χ4v) is 6.98. The van der Waals surface area contributed by atoms with E-state index in [0.717, 1.165) is 16.3 Å². The van der Waals surface area contributed by atoms with Gasteiger partial charge >= 0.3 is 0 Å². The maximum absolute atomic E-state index is 14.0. The van der Waals surface area contributed by atoms with Gasteiger partial charge in [0.25, 0.3) is 0 Å². The van der Waals surface area contributed by atoms with Crippen LogP contribution in [-0.4, -0.2) is 58.1 Å². The summed E-state index contributed by atoms with van der Waals surface area (Å²) in [6.45, 7) is 2.33. The topological polar surface area (TPSA) is 108 Å². The maximum Gasteiger partial charge on any atom is 0.250 e. The fourth-order valence-electron chi connectivity index (χ4n) is 6.98. The smallest absolute Gasteiger partial charge is 0.250 e. The van der Waals surface area contributed by atoms with Gasteiger partial charge in [0.2, 0.25) is 17.7 Å². The molecule has 3 heterocycles. The summed E-state index contributed by atoms with van der Waals surface area (Å²) >= 11 is 0. The van der Waals surface area contributed by atoms with Crippen LogP contribution in [0.3, 0.4) is 0 Å². The van der Waals surface area contributed by atoms with E-state index in [1.165, 1.54) is 4.90 Å². The van der Waals surface area contributed by atoms with Gasteiger partial charge in [0.15, 0.2) is 0 Å². The molecule has 5 atom stereocenters. The lowest BCUT2D eigenvalue weighted by Gasteiger charge is -2.33. The van der Waals surface area contributed by atoms with Crippen molar-refractivity contribution in [1.29, 1.82) is 0 Å². The maximum atomic E-state index is 14.0. The summed E-state index contributed by atoms with van der Waals surface area (Å²) in [6, 6.07) is 22.3. The molecular formula is C31H33N3O5. The molecular weight excluding hydrogens is 494 g/mol. The van der Waals surface area contributed by atoms with E-state index in [1.807, 2.05) is 79.7 Å². The number of rotatable bonds is 8. The van der Waals surface area contributed by atoms with Crippen molar-refractivity contribution in [3.8, 4) is 0 Å². The lowest BCUT2D eigenvalue weighted by molar-refractivity contribution is -0.144. The number of aliphatic hydroxyl groups is 1. The molecule has 1 spiro atoms. The molecule has 6 rings (SSSR count). The van der Waals surface area contributed by atoms with E-state index in [0.29, 0.717) is 31.5 Å². The van der Waals surface area contributed by atoms with Crippen molar-refractivity contribution in [2.24, 2.45) is 11.8 Å². The van der Waals surface area contributed by atoms with Crippen molar-refractivity contribution in [1.82, 2.24) is 10.2 Å². The summed E-state index contributed by atoms with van der Waals surface area (Å²) in [5, 5.41) is 17.6. The van der Waals surface area contributed by atoms with Gasteiger partial charge in [-0.25, -0.2) is 0 Å². The minimum atomic E-state index is -1.10. The molecule has 0 aliphatic carbocycles. The number of nitrogens with one attached hydrogen (secondary N) is 2. The molecule has 3 aliphatic heterocycles. The van der Waals surface area contributed by atoms with Gasteiger partial charge in [-0.15, -0.1) is 0 Å². The number of ether oxygens (including phenoxy) is 1. The summed E-state index contributed by atoms with van der Waals surface area (Å²) in [5.41, 5.74) is -0.350. The lowest BCUT2D eigenvalue weighted by atomic mass is 9.66. The number of hydrogen-bond donors (Lipinski definition) is 3. The van der Waals surface area contributed by atoms with Crippen LogP contribution in [0.1, 0.15) is 31.7 Å². The number of amides is 3. The molecule has 3 aromatic rings. The van der Waals surface area contributed by atoms with E-state index in [1.54, 1.807) is 0 Å². The Morgan fingerprint density at radius 1 is 1.00 bits per heavy atom. The van der Waals surface area contributed by atoms with Crippen LogP contribution in [-0.2, 0) is 25.7 Å². The van der Waals surface area contributed by atoms with Gasteiger partial charge in [-0.05, 0) is 54.7 Å². The molecule has 0 radical (unpaired) electrons. The Balaban J connectivity index is 1.30. The molecule has 2 bridgehead atoms. The van der Waals surface area contributed by atoms with E-state index in [4.69, 9.17) is 4.74 Å². The van der Waals surface area contributed by atoms with E-state index in [9.17, 15) is 19.5 Å². The molecule has 0 aromatic heterocycles. The Labute approximate surface area is 227 Å². The van der Waals surface area contributed by atoms with Crippen LogP contribution in [0.25, 0.3) is 10.8 Å². The Hall–Kier alpha value is -3.75. The van der Waals surface area contributed by atoms with Crippen molar-refractivity contribution < 1.29 is 24.2 Å². The molecule has 3 saturated heterocycles. The van der Waals surface area contributed by atoms with Gasteiger partial charge in [0, 0.05) is 25.4 Å². The first-order valence-corrected chi connectivity index (χ1v) is 13.6. The third kappa shape index (κ3) is 4.19. The van der Waals surface area contributed by atoms with Crippen LogP contribution in [0.5, 0.6) is 0 Å². The Kier molecular flexibility index (Phi) is 6.40. The van der Waals surface area contributed by atoms with Crippen LogP contribution < -0.4 is 10.6 Å². The summed E-state index contributed by atoms with van der Waals surface area (Å²) in [5.74, 6) is -2.31. The largest absolute Gasteiger partial charge is 0.396 e. The average molecular weight is 528 g/mol. The zero-order chi connectivity index (χ0) is 27.2. The molecule has 8 heteroatoms. The molecule has 0 saturated carbocycles. The Morgan fingerprint density at radius 2 is 1.74 bits per heavy atom. The monoisotopic (exact) mass is 527 g/mol. The summed E-state index contributed by atoms with van der Waals surface area (Å²) in [4.78, 5) is 43.0. The molecule has 3 aliphatic rings. The zero-order valence-corrected chi connectivity index (χ0v) is 21.9. The van der Waals surface area contributed by atoms with E-state index in [-0.39, 0.29) is 30.9 Å². The minimum absolute atomic E-state index is 0.111. The summed E-state index contributed by atoms with van der Waals surface area (Å²) in [6.07, 6.45) is 1.41. The first kappa shape index (κ1) is 25.5. The van der Waals surface area contributed by atoms with Crippen molar-refractivity contribution >= 4 is 34.2 Å². The number of carbonyl (C=O) groups excluding carboxylic acids is 3. The number of aliphatic hydroxyl groups excluding tert-OH is 1. The number of benzene rings is 3. The Morgan fingerprint density at radius 3 is 2.51 bits per heavy atom. The van der Waals surface area contributed by atoms with E-state index in [2.05, 4.69) is 10.6 Å². The van der Waals surface area contributed by atoms with Crippen molar-refractivity contribution in [3.63, 3.8) is 0 Å². The van der Waals surface area contributed by atoms with Crippen LogP contribution in [0.4, 0.5) is 5.69 Å². The molecule has 8 nitrogen and oxygen atoms in total. The number of carbonyl (C=O) groups is 3. The first-order valence-electron chi connectivity index (χ1n) is 13.6. The van der Waals surface area contributed by atoms with Gasteiger partial charge < -0.3 is 25.4 Å². The van der Waals surface area contributed by atoms with Gasteiger partial charge in [0.05, 0.1) is 17.4 Å². The number of likely N-dealkylation sites (tertiary alicyclic amines) is 1. The highest BCUT2D eigenvalue weighted by Gasteiger charge is 2.77. The van der Waals surface area contributed by atoms with Crippen molar-refractivity contribution in [3.05, 3.63) is 78.4 Å². The predicted octanol–water partition coefficient (Wildman–Crippen LogP) is 3.24. The van der Waals surface area contributed by atoms with Crippen LogP contribution >= 0.6 is 0 Å². The van der Waals surface area contributed by atoms with Gasteiger partial charge in [-0.1, -0.05) is 60.7 Å². The minimum Gasteiger partial charge on any atom is -0.396 e. The second-order valence-corrected chi connectivity index (χ2v) is 11.1. The zero-order valence-electron chi connectivity index (χ0n) is 21.9. The fraction of sp³-hybridized carbons (Fsp3) is 0.387. The molecule has 202 valence electrons. The molecule has 3 amide bonds. The van der Waals surface area contributed by atoms with Crippen molar-refractivity contribution in [2.75, 3.05) is 18.5 Å². The highest BCUT2D eigenvalue weighted by molar-refractivity contribution is 6.04. The van der Waals surface area contributed by atoms with Crippen LogP contribution in [0.2, 0.25) is 0 Å². The molecule has 2 unspecified atom stereocenters. The molecule has 39 heavy (non-hydrogen) atoms. The van der Waals surface area contributed by atoms with E-state index < -0.39 is 29.1 Å². The molecule has 3 fully saturated rings. The summed E-state index contributed by atoms with van der Waals surface area (Å²) < 4.78 is 6.63. The number of anilines is 1. The summed E-state index contributed by atoms with van der Waals surface area (Å²) in [7, 11) is 0. The third-order valence-corrected chi connectivity index (χ3v) is 8.69. The second-order valence-electron chi connectivity index (χ2n) is 11.1. The standard InChI is InChI=1S/C31H33N3O5/c1-30-14-15-31(39-30)25(24(30)27(36)32-19-20-8-3-2-4-9-20)29(38)34(16-7-17-35)26(31)28(37)33-23-13-12-21-10-5-6-11-22(21)18-23/h2-6,8-13,18,24-26,35H,7,14-17,19H2,1H3,(H,32,36)(H,33,37)/t24-,25-,26?,30+,31?/m0/s1. The Bertz CT molecular complexity index is 1430. The van der Waals surface area contributed by atoms with Crippen LogP contribution in [0.15, 0.2) is 72.8 Å². The normalized spacial score (nSPS) is 29.0. The second kappa shape index (κ2) is 9.77. The predicted molar refractivity (Wildman–Crippen MR) is 147 cm³/mol. The number of nitrogens with zero attached hydrogens (tertiary/aromatic N) is 1. The molecule has 3 aromatic carbocycles. The highest BCUT2D eigenvalue weighted by atomic mass is 16.5. The lowest BCUT2D eigenvalue weighted by Crippen LogP contribution is -2.53. The first-order chi connectivity index (χ1) is 18.9. The van der Waals surface area contributed by atoms with Crippen LogP contribution in [0, 0.1) is 11.8 Å². The quantitative estimate of drug-likeness (QED) is 0.417. The SMILES string of the molecule is C[C@]12CCC3(O1)C(C(=O)Nc1ccc4ccccc4c1)N(CCCO)C(=O)[C@@H]3[C@H]2C(=O)NCc1ccccc1. The van der Waals surface area contributed by atoms with Gasteiger partial charge in [-0.3, -0.25) is 14.4 Å². The van der Waals surface area contributed by atoms with Crippen molar-refractivity contribution in [2.45, 2.75) is 50.0 Å². The average Bonchev–Trinajstić information content (AvgIpc) is 3.51. The van der Waals surface area contributed by atoms with Gasteiger partial charge in [-0.2, -0.15) is 0 Å². The number of hydrogen-bond acceptors (Lipinski definition) is 5. The highest BCUT2D eigenvalue weighted by Crippen LogP contribution is 2.63. The third-order valence-electron chi connectivity index (χ3n) is 8.69. The molecule has 3 N–H and O–H groups in total. The van der Waals surface area contributed by atoms with E-state index >= 15 is 0 Å². The van der Waals surface area contributed by atoms with Gasteiger partial charge in [0.1, 0.15) is 11.6 Å². The number of fused-ring (bicyclic) bond motifs is 2.